The predicted molar refractivity (Wildman–Crippen MR) is 103 cm³/mol. The molecule has 1 aromatic carbocycles. The van der Waals surface area contributed by atoms with Gasteiger partial charge in [-0.15, -0.1) is 11.3 Å². The van der Waals surface area contributed by atoms with Gasteiger partial charge in [-0.3, -0.25) is 4.79 Å². The van der Waals surface area contributed by atoms with Gasteiger partial charge in [0.05, 0.1) is 5.39 Å². The zero-order chi connectivity index (χ0) is 19.0. The highest BCUT2D eigenvalue weighted by Crippen LogP contribution is 2.35. The van der Waals surface area contributed by atoms with E-state index in [1.165, 1.54) is 10.9 Å². The molecule has 1 aliphatic carbocycles. The van der Waals surface area contributed by atoms with Crippen molar-refractivity contribution in [1.29, 1.82) is 0 Å². The first kappa shape index (κ1) is 17.9. The molecule has 4 nitrogen and oxygen atoms in total. The van der Waals surface area contributed by atoms with E-state index < -0.39 is 6.61 Å². The molecule has 0 saturated heterocycles. The third-order valence-electron chi connectivity index (χ3n) is 4.74. The number of H-pyrrole nitrogens is 1. The highest BCUT2D eigenvalue weighted by Gasteiger charge is 2.22. The van der Waals surface area contributed by atoms with Gasteiger partial charge in [0.2, 0.25) is 0 Å². The molecule has 0 fully saturated rings. The fourth-order valence-electron chi connectivity index (χ4n) is 3.43. The first-order valence-electron chi connectivity index (χ1n) is 8.77. The minimum atomic E-state index is -2.89. The van der Waals surface area contributed by atoms with Gasteiger partial charge in [-0.25, -0.2) is 4.98 Å². The molecule has 0 amide bonds. The van der Waals surface area contributed by atoms with E-state index >= 15 is 0 Å². The second-order valence-corrected chi connectivity index (χ2v) is 7.82. The molecule has 1 N–H and O–H groups in total. The molecule has 0 aliphatic heterocycles. The molecule has 4 rings (SSSR count). The number of aryl methyl sites for hydroxylation is 1. The summed E-state index contributed by atoms with van der Waals surface area (Å²) in [5.74, 6) is 1.09. The Morgan fingerprint density at radius 2 is 2.15 bits per heavy atom. The van der Waals surface area contributed by atoms with Crippen LogP contribution in [0.3, 0.4) is 0 Å². The van der Waals surface area contributed by atoms with E-state index in [4.69, 9.17) is 0 Å². The number of alkyl halides is 2. The van der Waals surface area contributed by atoms with Crippen molar-refractivity contribution in [3.8, 4) is 5.75 Å². The van der Waals surface area contributed by atoms with E-state index in [2.05, 4.69) is 21.6 Å². The number of nitrogens with one attached hydrogen (secondary N) is 1. The molecule has 3 aromatic rings. The first-order valence-corrected chi connectivity index (χ1v) is 9.59. The number of halogens is 2. The number of aromatic nitrogens is 2. The lowest BCUT2D eigenvalue weighted by molar-refractivity contribution is -0.0499. The Bertz CT molecular complexity index is 1070. The molecule has 27 heavy (non-hydrogen) atoms. The highest BCUT2D eigenvalue weighted by atomic mass is 32.1. The van der Waals surface area contributed by atoms with Gasteiger partial charge in [-0.05, 0) is 49.0 Å². The molecule has 0 bridgehead atoms. The number of hydrogen-bond acceptors (Lipinski definition) is 4. The zero-order valence-electron chi connectivity index (χ0n) is 14.7. The molecule has 7 heteroatoms. The lowest BCUT2D eigenvalue weighted by Crippen LogP contribution is -2.13. The number of hydrogen-bond donors (Lipinski definition) is 1. The topological polar surface area (TPSA) is 55.0 Å². The van der Waals surface area contributed by atoms with Gasteiger partial charge in [-0.1, -0.05) is 25.1 Å². The van der Waals surface area contributed by atoms with E-state index in [0.29, 0.717) is 22.7 Å². The van der Waals surface area contributed by atoms with Crippen LogP contribution in [0.4, 0.5) is 8.78 Å². The molecular formula is C20H18F2N2O2S. The fraction of sp³-hybridized carbons (Fsp3) is 0.300. The summed E-state index contributed by atoms with van der Waals surface area (Å²) < 4.78 is 29.6. The molecule has 2 heterocycles. The maximum atomic E-state index is 12.6. The predicted octanol–water partition coefficient (Wildman–Crippen LogP) is 4.88. The normalized spacial score (nSPS) is 17.0. The molecule has 2 aromatic heterocycles. The second-order valence-electron chi connectivity index (χ2n) is 6.73. The first-order chi connectivity index (χ1) is 13.0. The Balaban J connectivity index is 1.70. The van der Waals surface area contributed by atoms with Crippen LogP contribution in [-0.4, -0.2) is 16.6 Å². The number of rotatable bonds is 4. The number of fused-ring (bicyclic) bond motifs is 3. The van der Waals surface area contributed by atoms with Gasteiger partial charge in [0.15, 0.2) is 0 Å². The third-order valence-corrected chi connectivity index (χ3v) is 5.89. The van der Waals surface area contributed by atoms with Crippen molar-refractivity contribution in [3.05, 3.63) is 56.4 Å². The van der Waals surface area contributed by atoms with Crippen molar-refractivity contribution < 1.29 is 13.5 Å². The lowest BCUT2D eigenvalue weighted by Gasteiger charge is -2.17. The fourth-order valence-corrected chi connectivity index (χ4v) is 4.83. The number of ether oxygens (including phenoxy) is 1. The summed E-state index contributed by atoms with van der Waals surface area (Å²) in [5, 5.41) is 0.695. The van der Waals surface area contributed by atoms with Crippen molar-refractivity contribution in [3.63, 3.8) is 0 Å². The Morgan fingerprint density at radius 3 is 2.96 bits per heavy atom. The number of benzene rings is 1. The highest BCUT2D eigenvalue weighted by molar-refractivity contribution is 7.18. The molecular weight excluding hydrogens is 370 g/mol. The lowest BCUT2D eigenvalue weighted by atomic mass is 9.89. The molecule has 0 radical (unpaired) electrons. The van der Waals surface area contributed by atoms with Crippen molar-refractivity contribution in [2.75, 3.05) is 0 Å². The van der Waals surface area contributed by atoms with Gasteiger partial charge in [0, 0.05) is 10.4 Å². The van der Waals surface area contributed by atoms with Crippen LogP contribution in [0.2, 0.25) is 0 Å². The summed E-state index contributed by atoms with van der Waals surface area (Å²) in [6.45, 7) is -0.674. The molecule has 1 atom stereocenters. The Hall–Kier alpha value is -2.54. The summed E-state index contributed by atoms with van der Waals surface area (Å²) in [7, 11) is 0. The Kier molecular flexibility index (Phi) is 4.78. The van der Waals surface area contributed by atoms with Gasteiger partial charge >= 0.3 is 6.61 Å². The van der Waals surface area contributed by atoms with Crippen LogP contribution >= 0.6 is 11.3 Å². The number of para-hydroxylation sites is 1. The zero-order valence-corrected chi connectivity index (χ0v) is 15.5. The largest absolute Gasteiger partial charge is 0.434 e. The second kappa shape index (κ2) is 7.23. The van der Waals surface area contributed by atoms with E-state index in [-0.39, 0.29) is 11.3 Å². The standard InChI is InChI=1S/C20H18F2N2O2S/c1-11-6-8-13-15(10-11)27-19-17(13)18(25)23-16(24-19)9-7-12-4-2-3-5-14(12)26-20(21)22/h2-5,7,9,11,20H,6,8,10H2,1H3,(H,23,24,25)/b9-7+/t11-/m0/s1. The quantitative estimate of drug-likeness (QED) is 0.693. The summed E-state index contributed by atoms with van der Waals surface area (Å²) in [5.41, 5.74) is 1.47. The van der Waals surface area contributed by atoms with Gasteiger partial charge in [0.1, 0.15) is 16.4 Å². The van der Waals surface area contributed by atoms with Crippen molar-refractivity contribution in [2.45, 2.75) is 32.8 Å². The minimum absolute atomic E-state index is 0.0766. The van der Waals surface area contributed by atoms with Crippen LogP contribution in [0.25, 0.3) is 22.4 Å². The van der Waals surface area contributed by atoms with Crippen LogP contribution in [0.1, 0.15) is 35.2 Å². The summed E-state index contributed by atoms with van der Waals surface area (Å²) >= 11 is 1.58. The molecule has 140 valence electrons. The van der Waals surface area contributed by atoms with Crippen LogP contribution in [-0.2, 0) is 12.8 Å². The third kappa shape index (κ3) is 3.64. The molecule has 1 aliphatic rings. The average molecular weight is 388 g/mol. The molecule has 0 unspecified atom stereocenters. The number of aromatic amines is 1. The van der Waals surface area contributed by atoms with E-state index in [0.717, 1.165) is 29.7 Å². The van der Waals surface area contributed by atoms with E-state index in [1.807, 2.05) is 0 Å². The average Bonchev–Trinajstić information content (AvgIpc) is 2.98. The smallest absolute Gasteiger partial charge is 0.387 e. The van der Waals surface area contributed by atoms with Crippen molar-refractivity contribution in [2.24, 2.45) is 5.92 Å². The van der Waals surface area contributed by atoms with Crippen LogP contribution < -0.4 is 10.3 Å². The van der Waals surface area contributed by atoms with Gasteiger partial charge in [0.25, 0.3) is 5.56 Å². The molecule has 0 spiro atoms. The van der Waals surface area contributed by atoms with Crippen LogP contribution in [0.5, 0.6) is 5.75 Å². The van der Waals surface area contributed by atoms with Crippen molar-refractivity contribution in [1.82, 2.24) is 9.97 Å². The minimum Gasteiger partial charge on any atom is -0.434 e. The van der Waals surface area contributed by atoms with Gasteiger partial charge < -0.3 is 9.72 Å². The number of nitrogens with zero attached hydrogens (tertiary/aromatic N) is 1. The molecule has 0 saturated carbocycles. The maximum Gasteiger partial charge on any atom is 0.387 e. The Labute approximate surface area is 158 Å². The van der Waals surface area contributed by atoms with Gasteiger partial charge in [-0.2, -0.15) is 8.78 Å². The van der Waals surface area contributed by atoms with Crippen LogP contribution in [0, 0.1) is 5.92 Å². The monoisotopic (exact) mass is 388 g/mol. The SMILES string of the molecule is C[C@H]1CCc2c(sc3nc(/C=C/c4ccccc4OC(F)F)[nH]c(=O)c23)C1. The summed E-state index contributed by atoms with van der Waals surface area (Å²) in [6.07, 6.45) is 6.20. The van der Waals surface area contributed by atoms with E-state index in [1.54, 1.807) is 41.7 Å². The van der Waals surface area contributed by atoms with E-state index in [9.17, 15) is 13.6 Å². The summed E-state index contributed by atoms with van der Waals surface area (Å²) in [4.78, 5) is 21.9. The maximum absolute atomic E-state index is 12.6. The summed E-state index contributed by atoms with van der Waals surface area (Å²) in [6, 6.07) is 6.49. The number of thiophene rings is 1. The Morgan fingerprint density at radius 1 is 1.33 bits per heavy atom. The van der Waals surface area contributed by atoms with Crippen LogP contribution in [0.15, 0.2) is 29.1 Å². The van der Waals surface area contributed by atoms with Crippen molar-refractivity contribution >= 4 is 33.7 Å².